The lowest BCUT2D eigenvalue weighted by atomic mass is 9.84. The Labute approximate surface area is 153 Å². The van der Waals surface area contributed by atoms with Gasteiger partial charge in [0, 0.05) is 0 Å². The third-order valence-corrected chi connectivity index (χ3v) is 5.62. The quantitative estimate of drug-likeness (QED) is 0.411. The average molecular weight is 343 g/mol. The molecule has 1 aromatic carbocycles. The zero-order chi connectivity index (χ0) is 18.7. The van der Waals surface area contributed by atoms with Gasteiger partial charge in [0.15, 0.2) is 0 Å². The highest BCUT2D eigenvalue weighted by Gasteiger charge is 2.15. The van der Waals surface area contributed by atoms with Crippen LogP contribution < -0.4 is 0 Å². The smallest absolute Gasteiger partial charge is 0.0991 e. The van der Waals surface area contributed by atoms with E-state index >= 15 is 0 Å². The van der Waals surface area contributed by atoms with Gasteiger partial charge < -0.3 is 0 Å². The van der Waals surface area contributed by atoms with Crippen LogP contribution in [0.25, 0.3) is 0 Å². The van der Waals surface area contributed by atoms with Gasteiger partial charge in [-0.15, -0.1) is 0 Å². The fraction of sp³-hybridized carbons (Fsp3) is 0.682. The molecule has 0 saturated carbocycles. The minimum atomic E-state index is 0.466. The number of nitroso groups, excluding NO2 is 1. The first-order valence-electron chi connectivity index (χ1n) is 9.80. The minimum Gasteiger partial charge on any atom is -0.192 e. The Bertz CT molecular complexity index is 562. The Kier molecular flexibility index (Phi) is 10.1. The van der Waals surface area contributed by atoms with Crippen LogP contribution >= 0.6 is 0 Å². The fourth-order valence-corrected chi connectivity index (χ4v) is 3.53. The van der Waals surface area contributed by atoms with E-state index in [1.54, 1.807) is 0 Å². The van der Waals surface area contributed by atoms with E-state index in [0.29, 0.717) is 24.3 Å². The molecule has 0 heterocycles. The molecular formula is C22H34N2O. The van der Waals surface area contributed by atoms with E-state index in [2.05, 4.69) is 45.0 Å². The molecule has 0 aromatic heterocycles. The standard InChI is InChI=1S/C22H34N2O/c1-5-7-20(16-24-25)12-10-18(3)17(2)8-6-9-22-14-21(15-23)13-11-19(22)4/h11,13-14,17-18,20H,5-10,12,16H2,1-4H3. The van der Waals surface area contributed by atoms with Gasteiger partial charge in [-0.3, -0.25) is 0 Å². The van der Waals surface area contributed by atoms with E-state index in [0.717, 1.165) is 37.7 Å². The Morgan fingerprint density at radius 1 is 1.12 bits per heavy atom. The summed E-state index contributed by atoms with van der Waals surface area (Å²) < 4.78 is 0. The van der Waals surface area contributed by atoms with Crippen LogP contribution in [0.2, 0.25) is 0 Å². The summed E-state index contributed by atoms with van der Waals surface area (Å²) in [5.41, 5.74) is 3.34. The number of benzene rings is 1. The van der Waals surface area contributed by atoms with Crippen LogP contribution in [0.3, 0.4) is 0 Å². The molecule has 3 heteroatoms. The van der Waals surface area contributed by atoms with Crippen LogP contribution in [-0.2, 0) is 6.42 Å². The molecule has 3 nitrogen and oxygen atoms in total. The third kappa shape index (κ3) is 7.82. The Morgan fingerprint density at radius 2 is 1.84 bits per heavy atom. The molecule has 0 saturated heterocycles. The molecule has 0 aliphatic rings. The second kappa shape index (κ2) is 11.8. The van der Waals surface area contributed by atoms with Crippen molar-refractivity contribution in [2.45, 2.75) is 72.6 Å². The van der Waals surface area contributed by atoms with Crippen LogP contribution in [-0.4, -0.2) is 6.54 Å². The maximum Gasteiger partial charge on any atom is 0.0991 e. The van der Waals surface area contributed by atoms with E-state index in [1.807, 2.05) is 12.1 Å². The Hall–Kier alpha value is -1.69. The van der Waals surface area contributed by atoms with Crippen molar-refractivity contribution in [3.05, 3.63) is 39.8 Å². The van der Waals surface area contributed by atoms with Gasteiger partial charge in [0.05, 0.1) is 18.2 Å². The molecule has 0 spiro atoms. The van der Waals surface area contributed by atoms with E-state index in [4.69, 9.17) is 5.26 Å². The van der Waals surface area contributed by atoms with Crippen molar-refractivity contribution in [2.75, 3.05) is 6.54 Å². The third-order valence-electron chi connectivity index (χ3n) is 5.62. The highest BCUT2D eigenvalue weighted by molar-refractivity contribution is 5.37. The maximum atomic E-state index is 10.5. The molecule has 0 fully saturated rings. The number of nitrogens with zero attached hydrogens (tertiary/aromatic N) is 2. The van der Waals surface area contributed by atoms with Gasteiger partial charge in [0.2, 0.25) is 0 Å². The molecule has 0 N–H and O–H groups in total. The van der Waals surface area contributed by atoms with Crippen LogP contribution in [0.5, 0.6) is 0 Å². The Morgan fingerprint density at radius 3 is 2.48 bits per heavy atom. The molecule has 3 unspecified atom stereocenters. The van der Waals surface area contributed by atoms with Crippen LogP contribution in [0.4, 0.5) is 0 Å². The van der Waals surface area contributed by atoms with Gasteiger partial charge in [-0.25, -0.2) is 0 Å². The predicted octanol–water partition coefficient (Wildman–Crippen LogP) is 6.42. The van der Waals surface area contributed by atoms with Crippen LogP contribution in [0.15, 0.2) is 23.4 Å². The van der Waals surface area contributed by atoms with Crippen LogP contribution in [0, 0.1) is 40.9 Å². The van der Waals surface area contributed by atoms with Crippen molar-refractivity contribution in [2.24, 2.45) is 22.9 Å². The summed E-state index contributed by atoms with van der Waals surface area (Å²) in [5, 5.41) is 12.2. The molecule has 25 heavy (non-hydrogen) atoms. The fourth-order valence-electron chi connectivity index (χ4n) is 3.53. The van der Waals surface area contributed by atoms with Crippen molar-refractivity contribution in [1.29, 1.82) is 5.26 Å². The lowest BCUT2D eigenvalue weighted by Crippen LogP contribution is -2.12. The summed E-state index contributed by atoms with van der Waals surface area (Å²) >= 11 is 0. The number of hydrogen-bond acceptors (Lipinski definition) is 3. The van der Waals surface area contributed by atoms with E-state index in [9.17, 15) is 4.91 Å². The van der Waals surface area contributed by atoms with E-state index < -0.39 is 0 Å². The van der Waals surface area contributed by atoms with Gasteiger partial charge in [-0.1, -0.05) is 51.3 Å². The van der Waals surface area contributed by atoms with E-state index in [-0.39, 0.29) is 0 Å². The van der Waals surface area contributed by atoms with Gasteiger partial charge in [0.25, 0.3) is 0 Å². The maximum absolute atomic E-state index is 10.5. The second-order valence-electron chi connectivity index (χ2n) is 7.64. The average Bonchev–Trinajstić information content (AvgIpc) is 2.61. The first-order chi connectivity index (χ1) is 12.0. The van der Waals surface area contributed by atoms with Crippen molar-refractivity contribution in [1.82, 2.24) is 0 Å². The van der Waals surface area contributed by atoms with E-state index in [1.165, 1.54) is 24.0 Å². The number of hydrogen-bond donors (Lipinski definition) is 0. The molecule has 0 bridgehead atoms. The van der Waals surface area contributed by atoms with Crippen LogP contribution in [0.1, 0.15) is 76.0 Å². The number of nitriles is 1. The highest BCUT2D eigenvalue weighted by atomic mass is 16.3. The monoisotopic (exact) mass is 342 g/mol. The Balaban J connectivity index is 2.39. The van der Waals surface area contributed by atoms with Gasteiger partial charge in [-0.05, 0) is 73.6 Å². The molecule has 0 amide bonds. The topological polar surface area (TPSA) is 53.2 Å². The number of rotatable bonds is 12. The molecule has 0 aliphatic carbocycles. The summed E-state index contributed by atoms with van der Waals surface area (Å²) in [6.45, 7) is 9.45. The highest BCUT2D eigenvalue weighted by Crippen LogP contribution is 2.26. The molecule has 1 aromatic rings. The van der Waals surface area contributed by atoms with Crippen molar-refractivity contribution in [3.8, 4) is 6.07 Å². The summed E-state index contributed by atoms with van der Waals surface area (Å²) in [4.78, 5) is 10.5. The molecular weight excluding hydrogens is 308 g/mol. The second-order valence-corrected chi connectivity index (χ2v) is 7.64. The van der Waals surface area contributed by atoms with Gasteiger partial charge in [-0.2, -0.15) is 10.2 Å². The van der Waals surface area contributed by atoms with Crippen molar-refractivity contribution >= 4 is 0 Å². The SMILES string of the molecule is CCCC(CCC(C)C(C)CCCc1cc(C#N)ccc1C)CN=O. The summed E-state index contributed by atoms with van der Waals surface area (Å²) in [6, 6.07) is 8.21. The molecule has 138 valence electrons. The summed E-state index contributed by atoms with van der Waals surface area (Å²) in [6.07, 6.45) is 7.97. The molecule has 1 rings (SSSR count). The molecule has 0 aliphatic heterocycles. The molecule has 3 atom stereocenters. The minimum absolute atomic E-state index is 0.466. The lowest BCUT2D eigenvalue weighted by molar-refractivity contribution is 0.302. The van der Waals surface area contributed by atoms with Crippen molar-refractivity contribution < 1.29 is 0 Å². The predicted molar refractivity (Wildman–Crippen MR) is 105 cm³/mol. The zero-order valence-electron chi connectivity index (χ0n) is 16.4. The number of aryl methyl sites for hydroxylation is 2. The van der Waals surface area contributed by atoms with Gasteiger partial charge >= 0.3 is 0 Å². The first-order valence-corrected chi connectivity index (χ1v) is 9.80. The summed E-state index contributed by atoms with van der Waals surface area (Å²) in [5.74, 6) is 1.83. The molecule has 0 radical (unpaired) electrons. The first kappa shape index (κ1) is 21.4. The van der Waals surface area contributed by atoms with Crippen molar-refractivity contribution in [3.63, 3.8) is 0 Å². The lowest BCUT2D eigenvalue weighted by Gasteiger charge is -2.22. The zero-order valence-corrected chi connectivity index (χ0v) is 16.4. The normalized spacial score (nSPS) is 14.5. The van der Waals surface area contributed by atoms with Gasteiger partial charge in [0.1, 0.15) is 0 Å². The largest absolute Gasteiger partial charge is 0.192 e. The summed E-state index contributed by atoms with van der Waals surface area (Å²) in [7, 11) is 0.